The van der Waals surface area contributed by atoms with Crippen molar-refractivity contribution < 1.29 is 4.39 Å². The molecule has 0 saturated heterocycles. The molecule has 0 amide bonds. The molecule has 1 aromatic carbocycles. The third-order valence-corrected chi connectivity index (χ3v) is 8.06. The number of benzene rings is 1. The van der Waals surface area contributed by atoms with E-state index in [0.29, 0.717) is 28.1 Å². The number of hydrogen-bond donors (Lipinski definition) is 2. The van der Waals surface area contributed by atoms with Crippen LogP contribution in [0.5, 0.6) is 0 Å². The van der Waals surface area contributed by atoms with E-state index in [1.54, 1.807) is 29.9 Å². The quantitative estimate of drug-likeness (QED) is 0.297. The van der Waals surface area contributed by atoms with Crippen LogP contribution >= 0.6 is 11.8 Å². The molecule has 0 spiro atoms. The van der Waals surface area contributed by atoms with Gasteiger partial charge < -0.3 is 5.32 Å². The van der Waals surface area contributed by atoms with Crippen LogP contribution in [0.15, 0.2) is 81.7 Å². The normalized spacial score (nSPS) is 18.5. The smallest absolute Gasteiger partial charge is 0.266 e. The average molecular weight is 528 g/mol. The molecule has 0 radical (unpaired) electrons. The van der Waals surface area contributed by atoms with E-state index in [0.717, 1.165) is 35.4 Å². The zero-order valence-electron chi connectivity index (χ0n) is 20.8. The van der Waals surface area contributed by atoms with Crippen molar-refractivity contribution >= 4 is 16.8 Å². The lowest BCUT2D eigenvalue weighted by Crippen LogP contribution is -2.58. The molecule has 6 rings (SSSR count). The summed E-state index contributed by atoms with van der Waals surface area (Å²) in [4.78, 5) is 26.7. The van der Waals surface area contributed by atoms with Gasteiger partial charge in [0.15, 0.2) is 0 Å². The Balaban J connectivity index is 1.40. The molecule has 38 heavy (non-hydrogen) atoms. The largest absolute Gasteiger partial charge is 0.375 e. The highest BCUT2D eigenvalue weighted by Crippen LogP contribution is 2.32. The molecule has 2 atom stereocenters. The number of fused-ring (bicyclic) bond motifs is 3. The van der Waals surface area contributed by atoms with E-state index in [4.69, 9.17) is 10.4 Å². The Bertz CT molecular complexity index is 1750. The van der Waals surface area contributed by atoms with Crippen molar-refractivity contribution in [2.45, 2.75) is 42.9 Å². The molecule has 4 heterocycles. The number of thioether (sulfide) groups is 1. The van der Waals surface area contributed by atoms with Gasteiger partial charge in [0.05, 0.1) is 22.8 Å². The second-order valence-corrected chi connectivity index (χ2v) is 10.5. The van der Waals surface area contributed by atoms with Crippen molar-refractivity contribution in [1.29, 1.82) is 5.41 Å². The third-order valence-electron chi connectivity index (χ3n) is 7.06. The van der Waals surface area contributed by atoms with E-state index in [2.05, 4.69) is 15.3 Å². The first-order valence-electron chi connectivity index (χ1n) is 12.5. The Morgan fingerprint density at radius 2 is 1.97 bits per heavy atom. The van der Waals surface area contributed by atoms with Crippen molar-refractivity contribution in [2.75, 3.05) is 0 Å². The van der Waals surface area contributed by atoms with Gasteiger partial charge in [0.1, 0.15) is 15.7 Å². The Morgan fingerprint density at radius 3 is 2.74 bits per heavy atom. The molecule has 1 saturated carbocycles. The van der Waals surface area contributed by atoms with E-state index in [1.165, 1.54) is 17.8 Å². The molecule has 1 fully saturated rings. The van der Waals surface area contributed by atoms with Crippen LogP contribution in [0.4, 0.5) is 4.39 Å². The molecule has 8 nitrogen and oxygen atoms in total. The second-order valence-electron chi connectivity index (χ2n) is 9.45. The molecule has 2 aliphatic rings. The molecule has 3 aromatic heterocycles. The standard InChI is InChI=1S/C28H26FN7OS/c1-35-27(37)24(25(30)36-21-8-4-7-20(21)34-28(35)36)26(38-23-10-2-3-15-31-23)32-16-17-11-13-18(14-12-17)19-6-5-9-22(29)33-19/h2-3,5-6,9-15,20-21,30,32H,4,7-8,16H2,1H3/b26-24-,30-25?. The number of aromatic nitrogens is 4. The van der Waals surface area contributed by atoms with E-state index >= 15 is 0 Å². The van der Waals surface area contributed by atoms with E-state index in [1.807, 2.05) is 47.0 Å². The van der Waals surface area contributed by atoms with Gasteiger partial charge in [0.25, 0.3) is 5.56 Å². The SMILES string of the molecule is Cn1c(=O)/c(=C(/NCc2ccc(-c3cccc(F)n3)cc2)Sc2ccccn2)c(=N)n2c1=NC1CCCC12. The summed E-state index contributed by atoms with van der Waals surface area (Å²) in [6.45, 7) is 0.423. The molecular weight excluding hydrogens is 501 g/mol. The number of halogens is 1. The fourth-order valence-electron chi connectivity index (χ4n) is 5.16. The topological polar surface area (TPSA) is 101 Å². The lowest BCUT2D eigenvalue weighted by Gasteiger charge is -2.16. The third kappa shape index (κ3) is 4.45. The maximum absolute atomic E-state index is 13.6. The predicted octanol–water partition coefficient (Wildman–Crippen LogP) is 2.64. The number of rotatable bonds is 6. The molecule has 2 N–H and O–H groups in total. The van der Waals surface area contributed by atoms with Crippen molar-refractivity contribution in [3.05, 3.63) is 105 Å². The van der Waals surface area contributed by atoms with Gasteiger partial charge in [-0.1, -0.05) is 48.2 Å². The predicted molar refractivity (Wildman–Crippen MR) is 143 cm³/mol. The van der Waals surface area contributed by atoms with Gasteiger partial charge in [-0.15, -0.1) is 0 Å². The Kier molecular flexibility index (Phi) is 6.40. The van der Waals surface area contributed by atoms with E-state index in [9.17, 15) is 9.18 Å². The van der Waals surface area contributed by atoms with Crippen LogP contribution in [0.2, 0.25) is 0 Å². The van der Waals surface area contributed by atoms with Crippen LogP contribution in [0, 0.1) is 11.4 Å². The fourth-order valence-corrected chi connectivity index (χ4v) is 6.06. The highest BCUT2D eigenvalue weighted by atomic mass is 32.2. The zero-order valence-corrected chi connectivity index (χ0v) is 21.6. The van der Waals surface area contributed by atoms with Gasteiger partial charge in [-0.25, -0.2) is 15.0 Å². The molecule has 4 aromatic rings. The summed E-state index contributed by atoms with van der Waals surface area (Å²) in [6, 6.07) is 18.3. The minimum Gasteiger partial charge on any atom is -0.375 e. The van der Waals surface area contributed by atoms with Crippen molar-refractivity contribution in [2.24, 2.45) is 12.0 Å². The maximum atomic E-state index is 13.6. The summed E-state index contributed by atoms with van der Waals surface area (Å²) in [7, 11) is 1.73. The molecule has 2 unspecified atom stereocenters. The Labute approximate surface area is 222 Å². The van der Waals surface area contributed by atoms with Crippen molar-refractivity contribution in [3.63, 3.8) is 0 Å². The highest BCUT2D eigenvalue weighted by molar-refractivity contribution is 8.07. The van der Waals surface area contributed by atoms with Gasteiger partial charge in [-0.2, -0.15) is 4.39 Å². The number of nitrogens with one attached hydrogen (secondary N) is 2. The van der Waals surface area contributed by atoms with Crippen LogP contribution in [0.1, 0.15) is 30.9 Å². The first-order valence-corrected chi connectivity index (χ1v) is 13.3. The minimum atomic E-state index is -0.518. The van der Waals surface area contributed by atoms with Gasteiger partial charge in [0, 0.05) is 25.4 Å². The summed E-state index contributed by atoms with van der Waals surface area (Å²) in [5, 5.41) is 14.1. The lowest BCUT2D eigenvalue weighted by atomic mass is 10.1. The van der Waals surface area contributed by atoms with Crippen LogP contribution in [0.3, 0.4) is 0 Å². The first kappa shape index (κ1) is 24.3. The number of pyridine rings is 2. The van der Waals surface area contributed by atoms with Crippen LogP contribution < -0.4 is 27.2 Å². The van der Waals surface area contributed by atoms with Crippen LogP contribution in [-0.2, 0) is 13.6 Å². The van der Waals surface area contributed by atoms with Gasteiger partial charge >= 0.3 is 0 Å². The molecule has 0 bridgehead atoms. The van der Waals surface area contributed by atoms with Gasteiger partial charge in [0.2, 0.25) is 11.6 Å². The zero-order chi connectivity index (χ0) is 26.2. The Morgan fingerprint density at radius 1 is 1.13 bits per heavy atom. The van der Waals surface area contributed by atoms with Crippen LogP contribution in [0.25, 0.3) is 16.3 Å². The number of hydrogen-bond acceptors (Lipinski definition) is 7. The molecule has 192 valence electrons. The molecule has 1 aliphatic heterocycles. The lowest BCUT2D eigenvalue weighted by molar-refractivity contribution is 0.465. The summed E-state index contributed by atoms with van der Waals surface area (Å²) in [6.07, 6.45) is 4.71. The van der Waals surface area contributed by atoms with E-state index in [-0.39, 0.29) is 23.1 Å². The monoisotopic (exact) mass is 527 g/mol. The second kappa shape index (κ2) is 10.0. The van der Waals surface area contributed by atoms with Crippen molar-refractivity contribution in [1.82, 2.24) is 24.4 Å². The summed E-state index contributed by atoms with van der Waals surface area (Å²) < 4.78 is 17.0. The van der Waals surface area contributed by atoms with E-state index < -0.39 is 5.95 Å². The minimum absolute atomic E-state index is 0.119. The molecule has 10 heteroatoms. The molecule has 1 aliphatic carbocycles. The van der Waals surface area contributed by atoms with Crippen molar-refractivity contribution in [3.8, 4) is 11.3 Å². The van der Waals surface area contributed by atoms with Gasteiger partial charge in [-0.3, -0.25) is 19.3 Å². The maximum Gasteiger partial charge on any atom is 0.266 e. The summed E-state index contributed by atoms with van der Waals surface area (Å²) in [5.41, 5.74) is 2.83. The van der Waals surface area contributed by atoms with Crippen LogP contribution in [-0.4, -0.2) is 25.1 Å². The summed E-state index contributed by atoms with van der Waals surface area (Å²) in [5.74, 6) is -0.518. The average Bonchev–Trinajstić information content (AvgIpc) is 3.53. The highest BCUT2D eigenvalue weighted by Gasteiger charge is 2.35. The number of nitrogens with zero attached hydrogens (tertiary/aromatic N) is 5. The first-order chi connectivity index (χ1) is 18.5. The summed E-state index contributed by atoms with van der Waals surface area (Å²) >= 11 is 1.34. The fraction of sp³-hybridized carbons (Fsp3) is 0.250. The van der Waals surface area contributed by atoms with Gasteiger partial charge in [-0.05, 0) is 49.1 Å². The molecular formula is C28H26FN7OS. The Hall–Kier alpha value is -4.05.